The molecule has 0 aliphatic carbocycles. The number of nitrogens with zero attached hydrogens (tertiary/aromatic N) is 1. The van der Waals surface area contributed by atoms with Crippen molar-refractivity contribution >= 4 is 17.9 Å². The fourth-order valence-electron chi connectivity index (χ4n) is 1.93. The van der Waals surface area contributed by atoms with Gasteiger partial charge in [0.25, 0.3) is 0 Å². The summed E-state index contributed by atoms with van der Waals surface area (Å²) < 4.78 is 37.8. The van der Waals surface area contributed by atoms with Crippen molar-refractivity contribution in [1.82, 2.24) is 15.5 Å². The van der Waals surface area contributed by atoms with Gasteiger partial charge in [0.05, 0.1) is 12.5 Å². The van der Waals surface area contributed by atoms with Crippen molar-refractivity contribution in [3.05, 3.63) is 0 Å². The van der Waals surface area contributed by atoms with E-state index < -0.39 is 49.6 Å². The maximum Gasteiger partial charge on any atom is 0.393 e. The van der Waals surface area contributed by atoms with Gasteiger partial charge in [-0.3, -0.25) is 9.59 Å². The van der Waals surface area contributed by atoms with Crippen LogP contribution in [0.1, 0.15) is 12.8 Å². The smallest absolute Gasteiger partial charge is 0.393 e. The van der Waals surface area contributed by atoms with E-state index >= 15 is 0 Å². The van der Waals surface area contributed by atoms with Crippen LogP contribution in [0.3, 0.4) is 0 Å². The summed E-state index contributed by atoms with van der Waals surface area (Å²) in [6.07, 6.45) is -4.13. The zero-order valence-electron chi connectivity index (χ0n) is 11.1. The number of nitrogens with one attached hydrogen (secondary N) is 2. The average molecular weight is 311 g/mol. The van der Waals surface area contributed by atoms with E-state index in [1.807, 2.05) is 5.32 Å². The molecule has 7 nitrogen and oxygen atoms in total. The Kier molecular flexibility index (Phi) is 5.79. The third-order valence-corrected chi connectivity index (χ3v) is 3.01. The summed E-state index contributed by atoms with van der Waals surface area (Å²) in [5.74, 6) is -3.52. The van der Waals surface area contributed by atoms with Gasteiger partial charge >= 0.3 is 18.2 Å². The molecule has 1 atom stereocenters. The number of halogens is 3. The molecule has 1 aliphatic rings. The molecule has 1 heterocycles. The largest absolute Gasteiger partial charge is 0.480 e. The number of alkyl halides is 3. The second-order valence-electron chi connectivity index (χ2n) is 4.66. The SMILES string of the molecule is O=C(O)CNC(=O)CNC(=O)N1CCCC(C(F)(F)F)C1. The van der Waals surface area contributed by atoms with Crippen LogP contribution >= 0.6 is 0 Å². The van der Waals surface area contributed by atoms with E-state index in [4.69, 9.17) is 5.11 Å². The number of carbonyl (C=O) groups is 3. The van der Waals surface area contributed by atoms with E-state index in [0.717, 1.165) is 4.90 Å². The number of amides is 3. The summed E-state index contributed by atoms with van der Waals surface area (Å²) in [6, 6.07) is -0.769. The van der Waals surface area contributed by atoms with Gasteiger partial charge in [-0.25, -0.2) is 4.79 Å². The van der Waals surface area contributed by atoms with Gasteiger partial charge in [-0.2, -0.15) is 13.2 Å². The fraction of sp³-hybridized carbons (Fsp3) is 0.727. The minimum absolute atomic E-state index is 0.0215. The van der Waals surface area contributed by atoms with Crippen LogP contribution < -0.4 is 10.6 Å². The molecule has 10 heteroatoms. The molecule has 0 bridgehead atoms. The summed E-state index contributed by atoms with van der Waals surface area (Å²) in [7, 11) is 0. The highest BCUT2D eigenvalue weighted by molar-refractivity contribution is 5.86. The van der Waals surface area contributed by atoms with Gasteiger partial charge in [0.1, 0.15) is 6.54 Å². The van der Waals surface area contributed by atoms with Crippen LogP contribution in [0.2, 0.25) is 0 Å². The number of carboxylic acid groups (broad SMARTS) is 1. The number of rotatable bonds is 4. The van der Waals surface area contributed by atoms with Crippen LogP contribution in [0.15, 0.2) is 0 Å². The van der Waals surface area contributed by atoms with Crippen LogP contribution in [0.25, 0.3) is 0 Å². The van der Waals surface area contributed by atoms with Crippen LogP contribution in [0, 0.1) is 5.92 Å². The lowest BCUT2D eigenvalue weighted by Crippen LogP contribution is -2.50. The highest BCUT2D eigenvalue weighted by atomic mass is 19.4. The Hall–Kier alpha value is -2.00. The number of likely N-dealkylation sites (tertiary alicyclic amines) is 1. The fourth-order valence-corrected chi connectivity index (χ4v) is 1.93. The van der Waals surface area contributed by atoms with Crippen LogP contribution in [0.5, 0.6) is 0 Å². The van der Waals surface area contributed by atoms with E-state index in [0.29, 0.717) is 0 Å². The molecule has 0 saturated carbocycles. The van der Waals surface area contributed by atoms with E-state index in [1.54, 1.807) is 0 Å². The number of aliphatic carboxylic acids is 1. The second kappa shape index (κ2) is 7.14. The summed E-state index contributed by atoms with van der Waals surface area (Å²) in [6.45, 7) is -1.32. The maximum atomic E-state index is 12.6. The molecule has 0 radical (unpaired) electrons. The summed E-state index contributed by atoms with van der Waals surface area (Å²) >= 11 is 0. The molecular weight excluding hydrogens is 295 g/mol. The molecular formula is C11H16F3N3O4. The van der Waals surface area contributed by atoms with Crippen LogP contribution in [-0.2, 0) is 9.59 Å². The zero-order valence-corrected chi connectivity index (χ0v) is 11.1. The van der Waals surface area contributed by atoms with Gasteiger partial charge in [0.2, 0.25) is 5.91 Å². The Labute approximate surface area is 118 Å². The number of hydrogen-bond donors (Lipinski definition) is 3. The monoisotopic (exact) mass is 311 g/mol. The average Bonchev–Trinajstić information content (AvgIpc) is 2.41. The number of urea groups is 1. The molecule has 0 aromatic rings. The molecule has 120 valence electrons. The first kappa shape index (κ1) is 17.1. The third-order valence-electron chi connectivity index (χ3n) is 3.01. The molecule has 0 aromatic carbocycles. The van der Waals surface area contributed by atoms with E-state index in [1.165, 1.54) is 0 Å². The van der Waals surface area contributed by atoms with Gasteiger partial charge < -0.3 is 20.6 Å². The van der Waals surface area contributed by atoms with Crippen molar-refractivity contribution in [2.24, 2.45) is 5.92 Å². The van der Waals surface area contributed by atoms with Crippen LogP contribution in [-0.4, -0.2) is 60.3 Å². The highest BCUT2D eigenvalue weighted by Gasteiger charge is 2.42. The molecule has 21 heavy (non-hydrogen) atoms. The summed E-state index contributed by atoms with van der Waals surface area (Å²) in [5.41, 5.74) is 0. The minimum atomic E-state index is -4.35. The molecule has 0 aromatic heterocycles. The highest BCUT2D eigenvalue weighted by Crippen LogP contribution is 2.32. The lowest BCUT2D eigenvalue weighted by Gasteiger charge is -2.33. The van der Waals surface area contributed by atoms with Crippen molar-refractivity contribution in [2.45, 2.75) is 19.0 Å². The Balaban J connectivity index is 2.38. The number of carboxylic acids is 1. The normalized spacial score (nSPS) is 19.0. The number of carbonyl (C=O) groups excluding carboxylic acids is 2. The van der Waals surface area contributed by atoms with Gasteiger partial charge in [-0.15, -0.1) is 0 Å². The van der Waals surface area contributed by atoms with E-state index in [2.05, 4.69) is 5.32 Å². The van der Waals surface area contributed by atoms with Crippen molar-refractivity contribution < 1.29 is 32.7 Å². The molecule has 1 aliphatic heterocycles. The molecule has 1 fully saturated rings. The quantitative estimate of drug-likeness (QED) is 0.689. The van der Waals surface area contributed by atoms with E-state index in [9.17, 15) is 27.6 Å². The molecule has 1 unspecified atom stereocenters. The number of hydrogen-bond acceptors (Lipinski definition) is 3. The Bertz CT molecular complexity index is 414. The van der Waals surface area contributed by atoms with Crippen molar-refractivity contribution in [3.63, 3.8) is 0 Å². The van der Waals surface area contributed by atoms with E-state index in [-0.39, 0.29) is 19.4 Å². The molecule has 3 amide bonds. The Morgan fingerprint density at radius 2 is 1.86 bits per heavy atom. The van der Waals surface area contributed by atoms with Gasteiger partial charge in [-0.05, 0) is 12.8 Å². The van der Waals surface area contributed by atoms with Crippen molar-refractivity contribution in [1.29, 1.82) is 0 Å². The predicted molar refractivity (Wildman–Crippen MR) is 64.4 cm³/mol. The number of piperidine rings is 1. The van der Waals surface area contributed by atoms with Gasteiger partial charge in [-0.1, -0.05) is 0 Å². The lowest BCUT2D eigenvalue weighted by atomic mass is 9.98. The molecule has 1 rings (SSSR count). The topological polar surface area (TPSA) is 98.7 Å². The van der Waals surface area contributed by atoms with Crippen LogP contribution in [0.4, 0.5) is 18.0 Å². The summed E-state index contributed by atoms with van der Waals surface area (Å²) in [5, 5.41) is 12.5. The van der Waals surface area contributed by atoms with Gasteiger partial charge in [0, 0.05) is 13.1 Å². The van der Waals surface area contributed by atoms with Gasteiger partial charge in [0.15, 0.2) is 0 Å². The molecule has 1 saturated heterocycles. The first-order chi connectivity index (χ1) is 9.70. The third kappa shape index (κ3) is 5.88. The standard InChI is InChI=1S/C11H16F3N3O4/c12-11(13,14)7-2-1-3-17(6-7)10(21)16-4-8(18)15-5-9(19)20/h7H,1-6H2,(H,15,18)(H,16,21)(H,19,20). The first-order valence-corrected chi connectivity index (χ1v) is 6.28. The molecule has 0 spiro atoms. The second-order valence-corrected chi connectivity index (χ2v) is 4.66. The molecule has 3 N–H and O–H groups in total. The Morgan fingerprint density at radius 3 is 2.43 bits per heavy atom. The predicted octanol–water partition coefficient (Wildman–Crippen LogP) is 0.171. The lowest BCUT2D eigenvalue weighted by molar-refractivity contribution is -0.184. The Morgan fingerprint density at radius 1 is 1.19 bits per heavy atom. The minimum Gasteiger partial charge on any atom is -0.480 e. The zero-order chi connectivity index (χ0) is 16.0. The summed E-state index contributed by atoms with van der Waals surface area (Å²) in [4.78, 5) is 34.0. The first-order valence-electron chi connectivity index (χ1n) is 6.28. The van der Waals surface area contributed by atoms with Crippen molar-refractivity contribution in [3.8, 4) is 0 Å². The maximum absolute atomic E-state index is 12.6. The van der Waals surface area contributed by atoms with Crippen molar-refractivity contribution in [2.75, 3.05) is 26.2 Å².